The zero-order valence-corrected chi connectivity index (χ0v) is 8.51. The van der Waals surface area contributed by atoms with Crippen LogP contribution in [0.2, 0.25) is 0 Å². The number of fused-ring (bicyclic) bond motifs is 1. The number of nitrogens with one attached hydrogen (secondary N) is 1. The highest BCUT2D eigenvalue weighted by Crippen LogP contribution is 2.09. The van der Waals surface area contributed by atoms with Crippen LogP contribution in [0.4, 0.5) is 0 Å². The number of hydrogen-bond donors (Lipinski definition) is 2. The fraction of sp³-hybridized carbons (Fsp3) is 0.200. The van der Waals surface area contributed by atoms with Gasteiger partial charge in [0.25, 0.3) is 0 Å². The van der Waals surface area contributed by atoms with E-state index in [1.165, 1.54) is 0 Å². The number of rotatable bonds is 2. The first-order chi connectivity index (χ1) is 7.36. The third-order valence-electron chi connectivity index (χ3n) is 2.13. The van der Waals surface area contributed by atoms with Crippen LogP contribution in [0.15, 0.2) is 35.6 Å². The normalized spacial score (nSPS) is 12.0. The van der Waals surface area contributed by atoms with Gasteiger partial charge < -0.3 is 5.43 Å². The molecule has 0 aliphatic rings. The predicted molar refractivity (Wildman–Crippen MR) is 59.6 cm³/mol. The highest BCUT2D eigenvalue weighted by molar-refractivity contribution is 6.04. The van der Waals surface area contributed by atoms with Crippen LogP contribution >= 0.6 is 0 Å². The van der Waals surface area contributed by atoms with Crippen molar-refractivity contribution in [2.45, 2.75) is 6.92 Å². The predicted octanol–water partition coefficient (Wildman–Crippen LogP) is 0.564. The summed E-state index contributed by atoms with van der Waals surface area (Å²) in [6.07, 6.45) is 3.64. The zero-order chi connectivity index (χ0) is 10.7. The first-order valence-electron chi connectivity index (χ1n) is 4.80. The highest BCUT2D eigenvalue weighted by atomic mass is 15.3. The third kappa shape index (κ3) is 1.69. The molecule has 0 unspecified atom stereocenters. The Labute approximate surface area is 87.6 Å². The van der Waals surface area contributed by atoms with Crippen molar-refractivity contribution in [1.82, 2.24) is 15.0 Å². The van der Waals surface area contributed by atoms with Gasteiger partial charge in [-0.1, -0.05) is 6.07 Å². The number of nitrogens with two attached hydrogens (primary N) is 1. The van der Waals surface area contributed by atoms with Crippen molar-refractivity contribution in [2.75, 3.05) is 6.54 Å². The fourth-order valence-electron chi connectivity index (χ4n) is 1.48. The number of hydrazine groups is 1. The van der Waals surface area contributed by atoms with Gasteiger partial charge in [0.1, 0.15) is 5.84 Å². The van der Waals surface area contributed by atoms with Crippen LogP contribution in [0.5, 0.6) is 0 Å². The Hall–Kier alpha value is -1.88. The minimum absolute atomic E-state index is 0.665. The van der Waals surface area contributed by atoms with E-state index in [0.717, 1.165) is 11.1 Å². The number of aliphatic imine (C=N–C) groups is 1. The lowest BCUT2D eigenvalue weighted by Gasteiger charge is -2.02. The zero-order valence-electron chi connectivity index (χ0n) is 8.51. The molecule has 15 heavy (non-hydrogen) atoms. The van der Waals surface area contributed by atoms with Gasteiger partial charge in [0.15, 0.2) is 0 Å². The summed E-state index contributed by atoms with van der Waals surface area (Å²) in [6, 6.07) is 5.86. The topological polar surface area (TPSA) is 67.7 Å². The molecule has 5 heteroatoms. The Morgan fingerprint density at radius 3 is 3.20 bits per heavy atom. The van der Waals surface area contributed by atoms with Gasteiger partial charge in [-0.15, -0.1) is 0 Å². The Morgan fingerprint density at radius 2 is 2.47 bits per heavy atom. The largest absolute Gasteiger partial charge is 0.308 e. The first kappa shape index (κ1) is 9.67. The van der Waals surface area contributed by atoms with Gasteiger partial charge in [-0.25, -0.2) is 10.4 Å². The second kappa shape index (κ2) is 4.10. The molecule has 0 saturated carbocycles. The van der Waals surface area contributed by atoms with Gasteiger partial charge in [0.2, 0.25) is 0 Å². The lowest BCUT2D eigenvalue weighted by molar-refractivity contribution is 0.961. The molecule has 0 aliphatic heterocycles. The smallest absolute Gasteiger partial charge is 0.146 e. The van der Waals surface area contributed by atoms with Crippen molar-refractivity contribution in [3.63, 3.8) is 0 Å². The van der Waals surface area contributed by atoms with E-state index >= 15 is 0 Å². The molecule has 0 amide bonds. The molecule has 2 aromatic heterocycles. The van der Waals surface area contributed by atoms with Crippen LogP contribution in [0.3, 0.4) is 0 Å². The average Bonchev–Trinajstić information content (AvgIpc) is 2.70. The molecule has 0 bridgehead atoms. The quantitative estimate of drug-likeness (QED) is 0.324. The summed E-state index contributed by atoms with van der Waals surface area (Å²) >= 11 is 0. The summed E-state index contributed by atoms with van der Waals surface area (Å²) in [7, 11) is 0. The number of aromatic nitrogens is 2. The molecule has 3 N–H and O–H groups in total. The van der Waals surface area contributed by atoms with E-state index in [0.29, 0.717) is 12.4 Å². The Morgan fingerprint density at radius 1 is 1.60 bits per heavy atom. The second-order valence-corrected chi connectivity index (χ2v) is 3.06. The maximum Gasteiger partial charge on any atom is 0.146 e. The van der Waals surface area contributed by atoms with Crippen molar-refractivity contribution in [3.05, 3.63) is 36.2 Å². The van der Waals surface area contributed by atoms with Gasteiger partial charge in [-0.2, -0.15) is 5.10 Å². The summed E-state index contributed by atoms with van der Waals surface area (Å²) in [5.41, 5.74) is 4.50. The van der Waals surface area contributed by atoms with E-state index in [1.807, 2.05) is 31.3 Å². The maximum atomic E-state index is 5.42. The van der Waals surface area contributed by atoms with Gasteiger partial charge in [0.05, 0.1) is 17.3 Å². The van der Waals surface area contributed by atoms with Crippen LogP contribution in [-0.4, -0.2) is 22.0 Å². The summed E-state index contributed by atoms with van der Waals surface area (Å²) in [5, 5.41) is 4.21. The molecule has 0 atom stereocenters. The lowest BCUT2D eigenvalue weighted by Crippen LogP contribution is -2.31. The Bertz CT molecular complexity index is 485. The second-order valence-electron chi connectivity index (χ2n) is 3.06. The SMILES string of the molecule is CCN=C(NN)c1cnn2ccccc12. The van der Waals surface area contributed by atoms with E-state index in [-0.39, 0.29) is 0 Å². The third-order valence-corrected chi connectivity index (χ3v) is 2.13. The molecule has 78 valence electrons. The van der Waals surface area contributed by atoms with Gasteiger partial charge >= 0.3 is 0 Å². The standard InChI is InChI=1S/C10H13N5/c1-2-12-10(14-11)8-7-13-15-6-4-3-5-9(8)15/h3-7H,2,11H2,1H3,(H,12,14). The molecule has 0 fully saturated rings. The van der Waals surface area contributed by atoms with E-state index in [9.17, 15) is 0 Å². The fourth-order valence-corrected chi connectivity index (χ4v) is 1.48. The summed E-state index contributed by atoms with van der Waals surface area (Å²) in [6.45, 7) is 2.65. The Balaban J connectivity index is 2.56. The monoisotopic (exact) mass is 203 g/mol. The molecule has 2 aromatic rings. The van der Waals surface area contributed by atoms with E-state index in [2.05, 4.69) is 15.5 Å². The first-order valence-corrected chi connectivity index (χ1v) is 4.80. The summed E-state index contributed by atoms with van der Waals surface area (Å²) in [4.78, 5) is 4.26. The van der Waals surface area contributed by atoms with E-state index in [1.54, 1.807) is 10.7 Å². The van der Waals surface area contributed by atoms with E-state index < -0.39 is 0 Å². The Kier molecular flexibility index (Phi) is 2.64. The van der Waals surface area contributed by atoms with Gasteiger partial charge in [0, 0.05) is 12.7 Å². The van der Waals surface area contributed by atoms with Crippen molar-refractivity contribution in [3.8, 4) is 0 Å². The highest BCUT2D eigenvalue weighted by Gasteiger charge is 2.08. The molecule has 2 heterocycles. The maximum absolute atomic E-state index is 5.42. The van der Waals surface area contributed by atoms with Crippen molar-refractivity contribution >= 4 is 11.4 Å². The average molecular weight is 203 g/mol. The van der Waals surface area contributed by atoms with Crippen LogP contribution in [0, 0.1) is 0 Å². The molecule has 2 rings (SSSR count). The van der Waals surface area contributed by atoms with E-state index in [4.69, 9.17) is 5.84 Å². The summed E-state index contributed by atoms with van der Waals surface area (Å²) < 4.78 is 1.79. The number of amidine groups is 1. The van der Waals surface area contributed by atoms with Crippen molar-refractivity contribution in [2.24, 2.45) is 10.8 Å². The molecule has 0 radical (unpaired) electrons. The summed E-state index contributed by atoms with van der Waals surface area (Å²) in [5.74, 6) is 6.09. The van der Waals surface area contributed by atoms with Crippen LogP contribution in [0.25, 0.3) is 5.52 Å². The minimum Gasteiger partial charge on any atom is -0.308 e. The molecule has 5 nitrogen and oxygen atoms in total. The van der Waals surface area contributed by atoms with Gasteiger partial charge in [-0.3, -0.25) is 4.99 Å². The lowest BCUT2D eigenvalue weighted by atomic mass is 10.2. The van der Waals surface area contributed by atoms with Crippen LogP contribution < -0.4 is 11.3 Å². The molecule has 0 aromatic carbocycles. The molecular formula is C10H13N5. The van der Waals surface area contributed by atoms with Crippen molar-refractivity contribution < 1.29 is 0 Å². The molecule has 0 aliphatic carbocycles. The molecular weight excluding hydrogens is 190 g/mol. The molecule has 0 spiro atoms. The number of pyridine rings is 1. The minimum atomic E-state index is 0.665. The van der Waals surface area contributed by atoms with Crippen LogP contribution in [0.1, 0.15) is 12.5 Å². The van der Waals surface area contributed by atoms with Gasteiger partial charge in [-0.05, 0) is 19.1 Å². The number of nitrogens with zero attached hydrogens (tertiary/aromatic N) is 3. The van der Waals surface area contributed by atoms with Crippen LogP contribution in [-0.2, 0) is 0 Å². The molecule has 0 saturated heterocycles. The van der Waals surface area contributed by atoms with Crippen molar-refractivity contribution in [1.29, 1.82) is 0 Å². The number of hydrogen-bond acceptors (Lipinski definition) is 3.